The van der Waals surface area contributed by atoms with Crippen molar-refractivity contribution in [1.82, 2.24) is 18.9 Å². The lowest BCUT2D eigenvalue weighted by Crippen LogP contribution is -2.11. The van der Waals surface area contributed by atoms with Crippen molar-refractivity contribution in [3.05, 3.63) is 79.3 Å². The van der Waals surface area contributed by atoms with Crippen molar-refractivity contribution >= 4 is 32.1 Å². The van der Waals surface area contributed by atoms with Gasteiger partial charge in [-0.2, -0.15) is 0 Å². The third-order valence-corrected chi connectivity index (χ3v) is 6.20. The van der Waals surface area contributed by atoms with Gasteiger partial charge in [0.05, 0.1) is 22.3 Å². The van der Waals surface area contributed by atoms with Crippen molar-refractivity contribution < 1.29 is 8.42 Å². The van der Waals surface area contributed by atoms with E-state index in [2.05, 4.69) is 15.0 Å². The molecule has 0 aliphatic carbocycles. The quantitative estimate of drug-likeness (QED) is 0.521. The van der Waals surface area contributed by atoms with E-state index in [1.165, 1.54) is 3.97 Å². The van der Waals surface area contributed by atoms with Crippen molar-refractivity contribution in [1.29, 1.82) is 0 Å². The SMILES string of the molecule is O=S(=O)(c1ccccc1)n1cc(-c2cnc3[nH]ccc3n2)c2ccccc21. The van der Waals surface area contributed by atoms with Gasteiger partial charge < -0.3 is 4.98 Å². The number of benzene rings is 2. The summed E-state index contributed by atoms with van der Waals surface area (Å²) in [5.74, 6) is 0. The smallest absolute Gasteiger partial charge is 0.268 e. The first-order valence-corrected chi connectivity index (χ1v) is 9.80. The number of hydrogen-bond donors (Lipinski definition) is 1. The number of rotatable bonds is 3. The van der Waals surface area contributed by atoms with Crippen LogP contribution >= 0.6 is 0 Å². The lowest BCUT2D eigenvalue weighted by atomic mass is 10.1. The molecule has 0 aliphatic rings. The molecule has 0 amide bonds. The van der Waals surface area contributed by atoms with Gasteiger partial charge in [0.25, 0.3) is 10.0 Å². The van der Waals surface area contributed by atoms with Crippen LogP contribution in [-0.2, 0) is 10.0 Å². The van der Waals surface area contributed by atoms with Crippen LogP contribution in [0.25, 0.3) is 33.3 Å². The maximum Gasteiger partial charge on any atom is 0.268 e. The van der Waals surface area contributed by atoms with E-state index in [-0.39, 0.29) is 4.90 Å². The van der Waals surface area contributed by atoms with E-state index in [9.17, 15) is 8.42 Å². The standard InChI is InChI=1S/C20H14N4O2S/c25-27(26,14-6-2-1-3-7-14)24-13-16(15-8-4-5-9-19(15)24)18-12-22-20-17(23-18)10-11-21-20/h1-13H,(H,21,22). The summed E-state index contributed by atoms with van der Waals surface area (Å²) < 4.78 is 27.7. The molecular formula is C20H14N4O2S. The summed E-state index contributed by atoms with van der Waals surface area (Å²) in [5.41, 5.74) is 3.38. The topological polar surface area (TPSA) is 80.6 Å². The second kappa shape index (κ2) is 5.78. The fourth-order valence-corrected chi connectivity index (χ4v) is 4.61. The summed E-state index contributed by atoms with van der Waals surface area (Å²) in [7, 11) is -3.72. The average Bonchev–Trinajstić information content (AvgIpc) is 3.33. The van der Waals surface area contributed by atoms with E-state index < -0.39 is 10.0 Å². The van der Waals surface area contributed by atoms with Crippen molar-refractivity contribution in [3.8, 4) is 11.3 Å². The molecule has 0 saturated carbocycles. The first-order chi connectivity index (χ1) is 13.1. The third kappa shape index (κ3) is 2.43. The predicted molar refractivity (Wildman–Crippen MR) is 104 cm³/mol. The highest BCUT2D eigenvalue weighted by Gasteiger charge is 2.22. The van der Waals surface area contributed by atoms with Gasteiger partial charge in [0.1, 0.15) is 5.52 Å². The van der Waals surface area contributed by atoms with Crippen LogP contribution in [0.5, 0.6) is 0 Å². The van der Waals surface area contributed by atoms with Gasteiger partial charge in [0.2, 0.25) is 0 Å². The molecule has 0 saturated heterocycles. The first kappa shape index (κ1) is 15.8. The maximum atomic E-state index is 13.2. The van der Waals surface area contributed by atoms with Crippen LogP contribution in [0.3, 0.4) is 0 Å². The Morgan fingerprint density at radius 2 is 1.70 bits per heavy atom. The molecule has 7 heteroatoms. The summed E-state index contributed by atoms with van der Waals surface area (Å²) >= 11 is 0. The zero-order valence-electron chi connectivity index (χ0n) is 14.1. The number of aromatic nitrogens is 4. The largest absolute Gasteiger partial charge is 0.345 e. The highest BCUT2D eigenvalue weighted by molar-refractivity contribution is 7.90. The molecule has 0 unspecified atom stereocenters. The number of nitrogens with zero attached hydrogens (tertiary/aromatic N) is 3. The molecule has 0 bridgehead atoms. The molecule has 3 aromatic heterocycles. The minimum Gasteiger partial charge on any atom is -0.345 e. The molecule has 5 aromatic rings. The zero-order chi connectivity index (χ0) is 18.4. The van der Waals surface area contributed by atoms with Crippen molar-refractivity contribution in [3.63, 3.8) is 0 Å². The second-order valence-electron chi connectivity index (χ2n) is 6.14. The van der Waals surface area contributed by atoms with Gasteiger partial charge in [0.15, 0.2) is 5.65 Å². The highest BCUT2D eigenvalue weighted by atomic mass is 32.2. The molecule has 0 fully saturated rings. The van der Waals surface area contributed by atoms with Crippen LogP contribution in [0.2, 0.25) is 0 Å². The Hall–Kier alpha value is -3.45. The van der Waals surface area contributed by atoms with Gasteiger partial charge in [-0.25, -0.2) is 22.4 Å². The van der Waals surface area contributed by atoms with Gasteiger partial charge in [-0.15, -0.1) is 0 Å². The number of para-hydroxylation sites is 1. The molecular weight excluding hydrogens is 360 g/mol. The highest BCUT2D eigenvalue weighted by Crippen LogP contribution is 2.32. The van der Waals surface area contributed by atoms with Gasteiger partial charge in [-0.05, 0) is 24.3 Å². The summed E-state index contributed by atoms with van der Waals surface area (Å²) in [6.45, 7) is 0. The fraction of sp³-hybridized carbons (Fsp3) is 0. The van der Waals surface area contributed by atoms with E-state index in [1.807, 2.05) is 24.3 Å². The molecule has 0 spiro atoms. The molecule has 0 aliphatic heterocycles. The van der Waals surface area contributed by atoms with Crippen LogP contribution in [-0.4, -0.2) is 27.3 Å². The molecule has 3 heterocycles. The summed E-state index contributed by atoms with van der Waals surface area (Å²) in [6, 6.07) is 17.6. The molecule has 5 rings (SSSR count). The normalized spacial score (nSPS) is 12.0. The Bertz CT molecular complexity index is 1390. The average molecular weight is 374 g/mol. The Morgan fingerprint density at radius 1 is 0.926 bits per heavy atom. The number of aromatic amines is 1. The molecule has 0 atom stereocenters. The van der Waals surface area contributed by atoms with E-state index in [1.54, 1.807) is 55.0 Å². The summed E-state index contributed by atoms with van der Waals surface area (Å²) in [4.78, 5) is 12.3. The van der Waals surface area contributed by atoms with Crippen LogP contribution in [0.15, 0.2) is 84.1 Å². The van der Waals surface area contributed by atoms with E-state index in [4.69, 9.17) is 0 Å². The number of H-pyrrole nitrogens is 1. The Labute approximate surface area is 155 Å². The van der Waals surface area contributed by atoms with Crippen LogP contribution in [0.4, 0.5) is 0 Å². The zero-order valence-corrected chi connectivity index (χ0v) is 14.9. The molecule has 0 radical (unpaired) electrons. The monoisotopic (exact) mass is 374 g/mol. The fourth-order valence-electron chi connectivity index (χ4n) is 3.22. The van der Waals surface area contributed by atoms with E-state index in [0.29, 0.717) is 16.9 Å². The summed E-state index contributed by atoms with van der Waals surface area (Å²) in [5, 5.41) is 0.807. The Balaban J connectivity index is 1.78. The van der Waals surface area contributed by atoms with E-state index >= 15 is 0 Å². The van der Waals surface area contributed by atoms with Gasteiger partial charge in [-0.1, -0.05) is 36.4 Å². The molecule has 6 nitrogen and oxygen atoms in total. The van der Waals surface area contributed by atoms with Crippen LogP contribution in [0.1, 0.15) is 0 Å². The second-order valence-corrected chi connectivity index (χ2v) is 7.96. The minimum atomic E-state index is -3.72. The minimum absolute atomic E-state index is 0.240. The molecule has 2 aromatic carbocycles. The lowest BCUT2D eigenvalue weighted by molar-refractivity contribution is 0.589. The first-order valence-electron chi connectivity index (χ1n) is 8.36. The van der Waals surface area contributed by atoms with Crippen LogP contribution < -0.4 is 0 Å². The molecule has 1 N–H and O–H groups in total. The summed E-state index contributed by atoms with van der Waals surface area (Å²) in [6.07, 6.45) is 5.05. The Morgan fingerprint density at radius 3 is 2.56 bits per heavy atom. The Kier molecular flexibility index (Phi) is 3.38. The predicted octanol–water partition coefficient (Wildman–Crippen LogP) is 3.82. The lowest BCUT2D eigenvalue weighted by Gasteiger charge is -2.07. The van der Waals surface area contributed by atoms with Gasteiger partial charge in [0, 0.05) is 23.3 Å². The van der Waals surface area contributed by atoms with Crippen molar-refractivity contribution in [2.75, 3.05) is 0 Å². The third-order valence-electron chi connectivity index (χ3n) is 4.51. The van der Waals surface area contributed by atoms with E-state index in [0.717, 1.165) is 16.5 Å². The number of nitrogens with one attached hydrogen (secondary N) is 1. The van der Waals surface area contributed by atoms with Crippen molar-refractivity contribution in [2.45, 2.75) is 4.90 Å². The molecule has 27 heavy (non-hydrogen) atoms. The van der Waals surface area contributed by atoms with Gasteiger partial charge in [-0.3, -0.25) is 0 Å². The van der Waals surface area contributed by atoms with Gasteiger partial charge >= 0.3 is 0 Å². The number of fused-ring (bicyclic) bond motifs is 2. The maximum absolute atomic E-state index is 13.2. The molecule has 132 valence electrons. The van der Waals surface area contributed by atoms with Crippen LogP contribution in [0, 0.1) is 0 Å². The van der Waals surface area contributed by atoms with Crippen molar-refractivity contribution in [2.24, 2.45) is 0 Å². The number of hydrogen-bond acceptors (Lipinski definition) is 4.